The van der Waals surface area contributed by atoms with Crippen LogP contribution in [-0.4, -0.2) is 24.6 Å². The Balaban J connectivity index is 2.14. The predicted molar refractivity (Wildman–Crippen MR) is 82.3 cm³/mol. The lowest BCUT2D eigenvalue weighted by atomic mass is 10.2. The zero-order chi connectivity index (χ0) is 15.2. The van der Waals surface area contributed by atoms with Gasteiger partial charge in [-0.3, -0.25) is 0 Å². The van der Waals surface area contributed by atoms with Crippen molar-refractivity contribution < 1.29 is 12.8 Å². The Morgan fingerprint density at radius 2 is 1.95 bits per heavy atom. The lowest BCUT2D eigenvalue weighted by molar-refractivity contribution is 0.602. The second-order valence-corrected chi connectivity index (χ2v) is 7.54. The van der Waals surface area contributed by atoms with Crippen LogP contribution in [0.2, 0.25) is 0 Å². The summed E-state index contributed by atoms with van der Waals surface area (Å²) in [6.07, 6.45) is 1.15. The maximum absolute atomic E-state index is 13.6. The predicted octanol–water partition coefficient (Wildman–Crippen LogP) is 3.54. The number of sulfone groups is 1. The van der Waals surface area contributed by atoms with E-state index in [0.29, 0.717) is 26.9 Å². The number of imidazole rings is 1. The highest BCUT2D eigenvalue weighted by molar-refractivity contribution is 9.10. The van der Waals surface area contributed by atoms with E-state index in [4.69, 9.17) is 0 Å². The fourth-order valence-corrected chi connectivity index (χ4v) is 2.89. The third-order valence-corrected chi connectivity index (χ3v) is 4.83. The Hall–Kier alpha value is -1.73. The van der Waals surface area contributed by atoms with Crippen molar-refractivity contribution in [1.29, 1.82) is 0 Å². The number of benzene rings is 2. The van der Waals surface area contributed by atoms with Crippen LogP contribution in [0.25, 0.3) is 22.4 Å². The van der Waals surface area contributed by atoms with Gasteiger partial charge in [-0.05, 0) is 52.3 Å². The molecule has 2 aromatic carbocycles. The highest BCUT2D eigenvalue weighted by atomic mass is 79.9. The molecular weight excluding hydrogens is 359 g/mol. The molecule has 7 heteroatoms. The van der Waals surface area contributed by atoms with E-state index in [1.165, 1.54) is 18.2 Å². The molecule has 21 heavy (non-hydrogen) atoms. The second-order valence-electron chi connectivity index (χ2n) is 4.67. The van der Waals surface area contributed by atoms with Crippen molar-refractivity contribution in [1.82, 2.24) is 9.97 Å². The maximum atomic E-state index is 13.6. The lowest BCUT2D eigenvalue weighted by Gasteiger charge is -1.98. The van der Waals surface area contributed by atoms with Crippen LogP contribution < -0.4 is 0 Å². The molecule has 1 heterocycles. The van der Waals surface area contributed by atoms with Gasteiger partial charge in [0.1, 0.15) is 11.6 Å². The van der Waals surface area contributed by atoms with E-state index in [1.54, 1.807) is 18.2 Å². The average Bonchev–Trinajstić information content (AvgIpc) is 2.83. The minimum absolute atomic E-state index is 0.215. The van der Waals surface area contributed by atoms with Crippen LogP contribution >= 0.6 is 15.9 Å². The number of aromatic nitrogens is 2. The van der Waals surface area contributed by atoms with Gasteiger partial charge in [0.05, 0.1) is 20.4 Å². The highest BCUT2D eigenvalue weighted by Gasteiger charge is 2.11. The first kappa shape index (κ1) is 14.2. The molecule has 0 radical (unpaired) electrons. The van der Waals surface area contributed by atoms with E-state index in [1.807, 2.05) is 0 Å². The summed E-state index contributed by atoms with van der Waals surface area (Å²) in [6.45, 7) is 0. The van der Waals surface area contributed by atoms with Gasteiger partial charge in [-0.25, -0.2) is 17.8 Å². The van der Waals surface area contributed by atoms with Crippen LogP contribution in [0.4, 0.5) is 4.39 Å². The van der Waals surface area contributed by atoms with Crippen molar-refractivity contribution in [2.45, 2.75) is 4.90 Å². The van der Waals surface area contributed by atoms with Crippen LogP contribution in [0.1, 0.15) is 0 Å². The molecule has 0 fully saturated rings. The van der Waals surface area contributed by atoms with Gasteiger partial charge in [-0.1, -0.05) is 0 Å². The molecule has 0 bridgehead atoms. The molecule has 0 atom stereocenters. The summed E-state index contributed by atoms with van der Waals surface area (Å²) in [7, 11) is -3.28. The van der Waals surface area contributed by atoms with E-state index in [9.17, 15) is 12.8 Å². The standard InChI is InChI=1S/C14H10BrFN2O2S/c1-21(19,20)9-3-5-12-13(7-9)18-14(17-12)8-2-4-10(15)11(16)6-8/h2-7H,1H3,(H,17,18). The Morgan fingerprint density at radius 3 is 2.62 bits per heavy atom. The molecule has 3 rings (SSSR count). The molecule has 0 spiro atoms. The van der Waals surface area contributed by atoms with Crippen molar-refractivity contribution in [3.05, 3.63) is 46.7 Å². The first-order valence-electron chi connectivity index (χ1n) is 6.00. The highest BCUT2D eigenvalue weighted by Crippen LogP contribution is 2.25. The van der Waals surface area contributed by atoms with E-state index in [2.05, 4.69) is 25.9 Å². The molecule has 0 saturated heterocycles. The van der Waals surface area contributed by atoms with E-state index >= 15 is 0 Å². The van der Waals surface area contributed by atoms with E-state index in [-0.39, 0.29) is 10.7 Å². The molecule has 4 nitrogen and oxygen atoms in total. The average molecular weight is 369 g/mol. The fourth-order valence-electron chi connectivity index (χ4n) is 2.00. The summed E-state index contributed by atoms with van der Waals surface area (Å²) in [6, 6.07) is 9.34. The molecule has 0 amide bonds. The first-order chi connectivity index (χ1) is 9.84. The third-order valence-electron chi connectivity index (χ3n) is 3.07. The van der Waals surface area contributed by atoms with E-state index < -0.39 is 9.84 Å². The van der Waals surface area contributed by atoms with Gasteiger partial charge in [0.15, 0.2) is 9.84 Å². The summed E-state index contributed by atoms with van der Waals surface area (Å²) in [5, 5.41) is 0. The Kier molecular flexibility index (Phi) is 3.33. The van der Waals surface area contributed by atoms with Gasteiger partial charge < -0.3 is 4.98 Å². The molecule has 108 valence electrons. The number of nitrogens with one attached hydrogen (secondary N) is 1. The number of halogens is 2. The molecule has 0 aliphatic rings. The van der Waals surface area contributed by atoms with Crippen molar-refractivity contribution in [2.24, 2.45) is 0 Å². The minimum Gasteiger partial charge on any atom is -0.338 e. The zero-order valence-corrected chi connectivity index (χ0v) is 13.3. The van der Waals surface area contributed by atoms with Crippen LogP contribution in [0, 0.1) is 5.82 Å². The Bertz CT molecular complexity index is 951. The normalized spacial score (nSPS) is 12.0. The van der Waals surface area contributed by atoms with Crippen molar-refractivity contribution >= 4 is 36.8 Å². The molecule has 0 aliphatic carbocycles. The Labute approximate surface area is 129 Å². The molecule has 1 N–H and O–H groups in total. The van der Waals surface area contributed by atoms with Gasteiger partial charge in [0.2, 0.25) is 0 Å². The van der Waals surface area contributed by atoms with Crippen molar-refractivity contribution in [3.63, 3.8) is 0 Å². The summed E-state index contributed by atoms with van der Waals surface area (Å²) < 4.78 is 37.0. The molecule has 0 saturated carbocycles. The van der Waals surface area contributed by atoms with Gasteiger partial charge in [-0.2, -0.15) is 0 Å². The monoisotopic (exact) mass is 368 g/mol. The SMILES string of the molecule is CS(=O)(=O)c1ccc2nc(-c3ccc(Br)c(F)c3)[nH]c2c1. The third kappa shape index (κ3) is 2.71. The first-order valence-corrected chi connectivity index (χ1v) is 8.68. The molecular formula is C14H10BrFN2O2S. The number of H-pyrrole nitrogens is 1. The number of hydrogen-bond donors (Lipinski definition) is 1. The number of fused-ring (bicyclic) bond motifs is 1. The molecule has 0 unspecified atom stereocenters. The smallest absolute Gasteiger partial charge is 0.175 e. The number of hydrogen-bond acceptors (Lipinski definition) is 3. The molecule has 1 aromatic heterocycles. The van der Waals surface area contributed by atoms with Crippen molar-refractivity contribution in [3.8, 4) is 11.4 Å². The summed E-state index contributed by atoms with van der Waals surface area (Å²) in [4.78, 5) is 7.57. The quantitative estimate of drug-likeness (QED) is 0.752. The van der Waals surface area contributed by atoms with Crippen LogP contribution in [0.3, 0.4) is 0 Å². The van der Waals surface area contributed by atoms with Gasteiger partial charge >= 0.3 is 0 Å². The molecule has 0 aliphatic heterocycles. The maximum Gasteiger partial charge on any atom is 0.175 e. The Morgan fingerprint density at radius 1 is 1.19 bits per heavy atom. The van der Waals surface area contributed by atoms with Gasteiger partial charge in [0.25, 0.3) is 0 Å². The number of rotatable bonds is 2. The van der Waals surface area contributed by atoms with Crippen LogP contribution in [0.5, 0.6) is 0 Å². The van der Waals surface area contributed by atoms with Gasteiger partial charge in [-0.15, -0.1) is 0 Å². The topological polar surface area (TPSA) is 62.8 Å². The van der Waals surface area contributed by atoms with E-state index in [0.717, 1.165) is 6.26 Å². The van der Waals surface area contributed by atoms with Crippen molar-refractivity contribution in [2.75, 3.05) is 6.26 Å². The number of nitrogens with zero attached hydrogens (tertiary/aromatic N) is 1. The summed E-state index contributed by atoms with van der Waals surface area (Å²) in [5.41, 5.74) is 1.81. The fraction of sp³-hybridized carbons (Fsp3) is 0.0714. The second kappa shape index (κ2) is 4.92. The largest absolute Gasteiger partial charge is 0.338 e. The van der Waals surface area contributed by atoms with Crippen LogP contribution in [0.15, 0.2) is 45.8 Å². The van der Waals surface area contributed by atoms with Crippen LogP contribution in [-0.2, 0) is 9.84 Å². The summed E-state index contributed by atoms with van der Waals surface area (Å²) >= 11 is 3.10. The minimum atomic E-state index is -3.28. The summed E-state index contributed by atoms with van der Waals surface area (Å²) in [5.74, 6) is 0.104. The zero-order valence-electron chi connectivity index (χ0n) is 10.9. The number of aromatic amines is 1. The molecule has 3 aromatic rings. The van der Waals surface area contributed by atoms with Gasteiger partial charge in [0, 0.05) is 11.8 Å². The lowest BCUT2D eigenvalue weighted by Crippen LogP contribution is -1.96.